The molecule has 1 amide bonds. The number of imidazole rings is 1. The maximum absolute atomic E-state index is 12.3. The first kappa shape index (κ1) is 16.8. The van der Waals surface area contributed by atoms with Crippen molar-refractivity contribution in [2.24, 2.45) is 0 Å². The number of carbonyl (C=O) groups is 1. The highest BCUT2D eigenvalue weighted by Gasteiger charge is 2.08. The third-order valence-electron chi connectivity index (χ3n) is 3.95. The normalized spacial score (nSPS) is 10.6. The molecule has 0 saturated heterocycles. The fourth-order valence-electron chi connectivity index (χ4n) is 2.72. The van der Waals surface area contributed by atoms with Crippen molar-refractivity contribution in [3.63, 3.8) is 0 Å². The van der Waals surface area contributed by atoms with Gasteiger partial charge in [0.1, 0.15) is 18.2 Å². The van der Waals surface area contributed by atoms with Crippen molar-refractivity contribution in [1.82, 2.24) is 14.9 Å². The molecule has 1 aromatic heterocycles. The quantitative estimate of drug-likeness (QED) is 0.674. The summed E-state index contributed by atoms with van der Waals surface area (Å²) in [5, 5.41) is 2.95. The molecule has 0 bridgehead atoms. The molecule has 1 heterocycles. The van der Waals surface area contributed by atoms with Gasteiger partial charge in [0.25, 0.3) is 5.91 Å². The highest BCUT2D eigenvalue weighted by atomic mass is 16.5. The van der Waals surface area contributed by atoms with Crippen molar-refractivity contribution in [3.05, 3.63) is 72.6 Å². The average Bonchev–Trinajstić information content (AvgIpc) is 2.96. The first-order valence-corrected chi connectivity index (χ1v) is 8.23. The standard InChI is InChI=1S/C20H21N3O2/c1-3-14-25-17-10-8-16(9-11-17)20(24)21-12-13-23-15(2)22-18-6-4-5-7-19(18)23/h3-11H,1,12-14H2,2H3,(H,21,24). The third kappa shape index (κ3) is 3.88. The fraction of sp³-hybridized carbons (Fsp3) is 0.200. The zero-order valence-electron chi connectivity index (χ0n) is 14.2. The summed E-state index contributed by atoms with van der Waals surface area (Å²) in [6.45, 7) is 7.25. The van der Waals surface area contributed by atoms with Crippen molar-refractivity contribution in [3.8, 4) is 5.75 Å². The summed E-state index contributed by atoms with van der Waals surface area (Å²) in [6, 6.07) is 15.1. The molecule has 1 N–H and O–H groups in total. The Balaban J connectivity index is 1.58. The van der Waals surface area contributed by atoms with Gasteiger partial charge in [-0.2, -0.15) is 0 Å². The molecular formula is C20H21N3O2. The Morgan fingerprint density at radius 2 is 2.00 bits per heavy atom. The minimum atomic E-state index is -0.0997. The molecule has 0 radical (unpaired) electrons. The SMILES string of the molecule is C=CCOc1ccc(C(=O)NCCn2c(C)nc3ccccc32)cc1. The number of fused-ring (bicyclic) bond motifs is 1. The van der Waals surface area contributed by atoms with Crippen LogP contribution in [-0.2, 0) is 6.54 Å². The molecule has 5 nitrogen and oxygen atoms in total. The van der Waals surface area contributed by atoms with Crippen molar-refractivity contribution >= 4 is 16.9 Å². The van der Waals surface area contributed by atoms with E-state index < -0.39 is 0 Å². The van der Waals surface area contributed by atoms with Crippen LogP contribution >= 0.6 is 0 Å². The number of nitrogens with zero attached hydrogens (tertiary/aromatic N) is 2. The topological polar surface area (TPSA) is 56.1 Å². The lowest BCUT2D eigenvalue weighted by atomic mass is 10.2. The van der Waals surface area contributed by atoms with Crippen LogP contribution in [0.5, 0.6) is 5.75 Å². The van der Waals surface area contributed by atoms with Gasteiger partial charge in [-0.05, 0) is 43.3 Å². The smallest absolute Gasteiger partial charge is 0.251 e. The summed E-state index contributed by atoms with van der Waals surface area (Å²) in [5.74, 6) is 1.56. The number of nitrogens with one attached hydrogen (secondary N) is 1. The first-order chi connectivity index (χ1) is 12.2. The minimum Gasteiger partial charge on any atom is -0.490 e. The molecule has 3 aromatic rings. The van der Waals surface area contributed by atoms with Crippen molar-refractivity contribution in [2.75, 3.05) is 13.2 Å². The lowest BCUT2D eigenvalue weighted by molar-refractivity contribution is 0.0952. The largest absolute Gasteiger partial charge is 0.490 e. The van der Waals surface area contributed by atoms with E-state index in [1.54, 1.807) is 30.3 Å². The molecule has 0 saturated carbocycles. The monoisotopic (exact) mass is 335 g/mol. The Morgan fingerprint density at radius 3 is 2.76 bits per heavy atom. The molecule has 0 aliphatic carbocycles. The number of hydrogen-bond acceptors (Lipinski definition) is 3. The number of aryl methyl sites for hydroxylation is 1. The van der Waals surface area contributed by atoms with E-state index in [-0.39, 0.29) is 5.91 Å². The maximum Gasteiger partial charge on any atom is 0.251 e. The van der Waals surface area contributed by atoms with Gasteiger partial charge in [-0.25, -0.2) is 4.98 Å². The Hall–Kier alpha value is -3.08. The summed E-state index contributed by atoms with van der Waals surface area (Å²) in [5.41, 5.74) is 2.66. The number of para-hydroxylation sites is 2. The zero-order chi connectivity index (χ0) is 17.6. The number of amides is 1. The number of benzene rings is 2. The van der Waals surface area contributed by atoms with Crippen LogP contribution in [0.1, 0.15) is 16.2 Å². The highest BCUT2D eigenvalue weighted by Crippen LogP contribution is 2.15. The molecule has 0 aliphatic heterocycles. The molecule has 0 spiro atoms. The van der Waals surface area contributed by atoms with Crippen LogP contribution in [0.25, 0.3) is 11.0 Å². The molecule has 2 aromatic carbocycles. The van der Waals surface area contributed by atoms with Crippen LogP contribution < -0.4 is 10.1 Å². The molecular weight excluding hydrogens is 314 g/mol. The van der Waals surface area contributed by atoms with E-state index in [1.807, 2.05) is 31.2 Å². The Kier molecular flexibility index (Phi) is 5.14. The van der Waals surface area contributed by atoms with Gasteiger partial charge in [0.05, 0.1) is 11.0 Å². The van der Waals surface area contributed by atoms with Gasteiger partial charge in [0.15, 0.2) is 0 Å². The second-order valence-electron chi connectivity index (χ2n) is 5.68. The number of ether oxygens (including phenoxy) is 1. The average molecular weight is 335 g/mol. The molecule has 5 heteroatoms. The van der Waals surface area contributed by atoms with Crippen LogP contribution in [-0.4, -0.2) is 28.6 Å². The molecule has 0 atom stereocenters. The lowest BCUT2D eigenvalue weighted by Crippen LogP contribution is -2.27. The molecule has 25 heavy (non-hydrogen) atoms. The van der Waals surface area contributed by atoms with Gasteiger partial charge in [-0.3, -0.25) is 4.79 Å². The van der Waals surface area contributed by atoms with Gasteiger partial charge < -0.3 is 14.6 Å². The highest BCUT2D eigenvalue weighted by molar-refractivity contribution is 5.94. The van der Waals surface area contributed by atoms with Crippen molar-refractivity contribution in [1.29, 1.82) is 0 Å². The molecule has 0 fully saturated rings. The number of rotatable bonds is 7. The van der Waals surface area contributed by atoms with E-state index in [2.05, 4.69) is 21.4 Å². The second-order valence-corrected chi connectivity index (χ2v) is 5.68. The van der Waals surface area contributed by atoms with Crippen LogP contribution in [0.4, 0.5) is 0 Å². The molecule has 0 unspecified atom stereocenters. The van der Waals surface area contributed by atoms with Crippen molar-refractivity contribution in [2.45, 2.75) is 13.5 Å². The maximum atomic E-state index is 12.3. The third-order valence-corrected chi connectivity index (χ3v) is 3.95. The molecule has 128 valence electrons. The zero-order valence-corrected chi connectivity index (χ0v) is 14.2. The van der Waals surface area contributed by atoms with Gasteiger partial charge in [0.2, 0.25) is 0 Å². The number of hydrogen-bond donors (Lipinski definition) is 1. The summed E-state index contributed by atoms with van der Waals surface area (Å²) in [6.07, 6.45) is 1.68. The van der Waals surface area contributed by atoms with Crippen molar-refractivity contribution < 1.29 is 9.53 Å². The van der Waals surface area contributed by atoms with Gasteiger partial charge in [-0.1, -0.05) is 24.8 Å². The van der Waals surface area contributed by atoms with E-state index in [0.717, 1.165) is 22.6 Å². The number of carbonyl (C=O) groups excluding carboxylic acids is 1. The molecule has 3 rings (SSSR count). The summed E-state index contributed by atoms with van der Waals surface area (Å²) >= 11 is 0. The van der Waals surface area contributed by atoms with Gasteiger partial charge in [0, 0.05) is 18.7 Å². The Bertz CT molecular complexity index is 882. The second kappa shape index (κ2) is 7.66. The van der Waals surface area contributed by atoms with Crippen LogP contribution in [0, 0.1) is 6.92 Å². The Morgan fingerprint density at radius 1 is 1.24 bits per heavy atom. The predicted molar refractivity (Wildman–Crippen MR) is 98.9 cm³/mol. The van der Waals surface area contributed by atoms with E-state index in [1.165, 1.54) is 0 Å². The fourth-order valence-corrected chi connectivity index (χ4v) is 2.72. The summed E-state index contributed by atoms with van der Waals surface area (Å²) < 4.78 is 7.53. The first-order valence-electron chi connectivity index (χ1n) is 8.23. The predicted octanol–water partition coefficient (Wildman–Crippen LogP) is 3.34. The molecule has 0 aliphatic rings. The summed E-state index contributed by atoms with van der Waals surface area (Å²) in [4.78, 5) is 16.8. The van der Waals surface area contributed by atoms with E-state index in [0.29, 0.717) is 25.3 Å². The van der Waals surface area contributed by atoms with Gasteiger partial charge in [-0.15, -0.1) is 0 Å². The van der Waals surface area contributed by atoms with Crippen LogP contribution in [0.3, 0.4) is 0 Å². The minimum absolute atomic E-state index is 0.0997. The lowest BCUT2D eigenvalue weighted by Gasteiger charge is -2.09. The van der Waals surface area contributed by atoms with E-state index >= 15 is 0 Å². The van der Waals surface area contributed by atoms with Crippen LogP contribution in [0.15, 0.2) is 61.2 Å². The number of aromatic nitrogens is 2. The van der Waals surface area contributed by atoms with E-state index in [9.17, 15) is 4.79 Å². The Labute approximate surface area is 146 Å². The van der Waals surface area contributed by atoms with Gasteiger partial charge >= 0.3 is 0 Å². The van der Waals surface area contributed by atoms with E-state index in [4.69, 9.17) is 4.74 Å². The summed E-state index contributed by atoms with van der Waals surface area (Å²) in [7, 11) is 0. The van der Waals surface area contributed by atoms with Crippen LogP contribution in [0.2, 0.25) is 0 Å².